The lowest BCUT2D eigenvalue weighted by Gasteiger charge is -2.02. The molecule has 3 nitrogen and oxygen atoms in total. The highest BCUT2D eigenvalue weighted by molar-refractivity contribution is 5.71. The zero-order chi connectivity index (χ0) is 9.52. The fourth-order valence-corrected chi connectivity index (χ4v) is 0.775. The molecule has 0 saturated heterocycles. The molecule has 0 aliphatic heterocycles. The summed E-state index contributed by atoms with van der Waals surface area (Å²) in [6.45, 7) is 0.471. The predicted octanol–water partition coefficient (Wildman–Crippen LogP) is 1.30. The number of pyridine rings is 1. The van der Waals surface area contributed by atoms with Gasteiger partial charge in [-0.25, -0.2) is 4.98 Å². The Morgan fingerprint density at radius 2 is 2.46 bits per heavy atom. The minimum atomic E-state index is 0.393. The standard InChI is InChI=1S/C10H9NO2/c1-2-3-6-13-10-5-4-9(8-12)11-7-10/h1,4-5,7-8H,3,6H2. The van der Waals surface area contributed by atoms with Gasteiger partial charge < -0.3 is 4.74 Å². The normalized spacial score (nSPS) is 8.85. The molecule has 1 aromatic rings. The Morgan fingerprint density at radius 3 is 3.00 bits per heavy atom. The van der Waals surface area contributed by atoms with Crippen LogP contribution >= 0.6 is 0 Å². The molecule has 1 rings (SSSR count). The molecule has 0 aliphatic rings. The van der Waals surface area contributed by atoms with Gasteiger partial charge in [-0.3, -0.25) is 4.79 Å². The maximum absolute atomic E-state index is 10.2. The highest BCUT2D eigenvalue weighted by atomic mass is 16.5. The molecule has 0 fully saturated rings. The van der Waals surface area contributed by atoms with Gasteiger partial charge in [0, 0.05) is 6.42 Å². The molecular formula is C10H9NO2. The van der Waals surface area contributed by atoms with E-state index in [1.165, 1.54) is 6.20 Å². The lowest BCUT2D eigenvalue weighted by Crippen LogP contribution is -1.96. The van der Waals surface area contributed by atoms with Crippen molar-refractivity contribution in [2.75, 3.05) is 6.61 Å². The van der Waals surface area contributed by atoms with Crippen molar-refractivity contribution in [2.24, 2.45) is 0 Å². The molecule has 0 N–H and O–H groups in total. The number of carbonyl (C=O) groups excluding carboxylic acids is 1. The molecule has 0 bridgehead atoms. The zero-order valence-corrected chi connectivity index (χ0v) is 7.06. The predicted molar refractivity (Wildman–Crippen MR) is 48.6 cm³/mol. The molecule has 0 atom stereocenters. The van der Waals surface area contributed by atoms with Crippen LogP contribution in [0, 0.1) is 12.3 Å². The molecule has 66 valence electrons. The van der Waals surface area contributed by atoms with Gasteiger partial charge in [0.05, 0.1) is 12.8 Å². The maximum atomic E-state index is 10.2. The second kappa shape index (κ2) is 4.94. The van der Waals surface area contributed by atoms with Crippen molar-refractivity contribution in [1.29, 1.82) is 0 Å². The van der Waals surface area contributed by atoms with Crippen LogP contribution in [0.3, 0.4) is 0 Å². The number of ether oxygens (including phenoxy) is 1. The van der Waals surface area contributed by atoms with Gasteiger partial charge in [-0.15, -0.1) is 12.3 Å². The fourth-order valence-electron chi connectivity index (χ4n) is 0.775. The number of nitrogens with zero attached hydrogens (tertiary/aromatic N) is 1. The number of aldehydes is 1. The third kappa shape index (κ3) is 2.96. The van der Waals surface area contributed by atoms with Gasteiger partial charge in [0.25, 0.3) is 0 Å². The van der Waals surface area contributed by atoms with Crippen molar-refractivity contribution in [3.8, 4) is 18.1 Å². The van der Waals surface area contributed by atoms with Crippen LogP contribution in [0.2, 0.25) is 0 Å². The molecule has 0 aliphatic carbocycles. The molecule has 0 radical (unpaired) electrons. The smallest absolute Gasteiger partial charge is 0.168 e. The number of hydrogen-bond donors (Lipinski definition) is 0. The molecule has 3 heteroatoms. The van der Waals surface area contributed by atoms with E-state index >= 15 is 0 Å². The first kappa shape index (κ1) is 9.27. The van der Waals surface area contributed by atoms with E-state index in [9.17, 15) is 4.79 Å². The van der Waals surface area contributed by atoms with Gasteiger partial charge in [0.15, 0.2) is 6.29 Å². The topological polar surface area (TPSA) is 39.2 Å². The van der Waals surface area contributed by atoms with Crippen LogP contribution in [0.25, 0.3) is 0 Å². The van der Waals surface area contributed by atoms with Crippen molar-refractivity contribution in [2.45, 2.75) is 6.42 Å². The highest BCUT2D eigenvalue weighted by Gasteiger charge is 1.94. The van der Waals surface area contributed by atoms with E-state index in [4.69, 9.17) is 11.2 Å². The van der Waals surface area contributed by atoms with Gasteiger partial charge in [-0.2, -0.15) is 0 Å². The van der Waals surface area contributed by atoms with E-state index in [1.54, 1.807) is 12.1 Å². The van der Waals surface area contributed by atoms with Gasteiger partial charge in [0.1, 0.15) is 11.4 Å². The van der Waals surface area contributed by atoms with E-state index in [-0.39, 0.29) is 0 Å². The number of rotatable bonds is 4. The summed E-state index contributed by atoms with van der Waals surface area (Å²) >= 11 is 0. The monoisotopic (exact) mass is 175 g/mol. The first-order valence-electron chi connectivity index (χ1n) is 3.84. The van der Waals surface area contributed by atoms with E-state index in [2.05, 4.69) is 10.9 Å². The summed E-state index contributed by atoms with van der Waals surface area (Å²) in [5.74, 6) is 3.08. The fraction of sp³-hybridized carbons (Fsp3) is 0.200. The molecule has 0 amide bonds. The third-order valence-electron chi connectivity index (χ3n) is 1.40. The average Bonchev–Trinajstić information content (AvgIpc) is 2.19. The van der Waals surface area contributed by atoms with Gasteiger partial charge in [-0.1, -0.05) is 0 Å². The minimum Gasteiger partial charge on any atom is -0.491 e. The van der Waals surface area contributed by atoms with Crippen molar-refractivity contribution in [3.63, 3.8) is 0 Å². The summed E-state index contributed by atoms with van der Waals surface area (Å²) in [5.41, 5.74) is 0.393. The molecule has 0 saturated carbocycles. The Morgan fingerprint density at radius 1 is 1.62 bits per heavy atom. The SMILES string of the molecule is C#CCCOc1ccc(C=O)nc1. The van der Waals surface area contributed by atoms with E-state index < -0.39 is 0 Å². The molecule has 1 aromatic heterocycles. The number of carbonyl (C=O) groups is 1. The highest BCUT2D eigenvalue weighted by Crippen LogP contribution is 2.07. The van der Waals surface area contributed by atoms with Gasteiger partial charge >= 0.3 is 0 Å². The molecule has 0 unspecified atom stereocenters. The van der Waals surface area contributed by atoms with E-state index in [0.29, 0.717) is 30.8 Å². The van der Waals surface area contributed by atoms with Crippen molar-refractivity contribution >= 4 is 6.29 Å². The van der Waals surface area contributed by atoms with Crippen LogP contribution in [0.5, 0.6) is 5.75 Å². The summed E-state index contributed by atoms with van der Waals surface area (Å²) in [7, 11) is 0. The van der Waals surface area contributed by atoms with Gasteiger partial charge in [-0.05, 0) is 12.1 Å². The molecular weight excluding hydrogens is 166 g/mol. The summed E-state index contributed by atoms with van der Waals surface area (Å²) in [4.78, 5) is 14.1. The summed E-state index contributed by atoms with van der Waals surface area (Å²) < 4.78 is 5.22. The van der Waals surface area contributed by atoms with Gasteiger partial charge in [0.2, 0.25) is 0 Å². The second-order valence-electron chi connectivity index (χ2n) is 2.34. The largest absolute Gasteiger partial charge is 0.491 e. The average molecular weight is 175 g/mol. The first-order valence-corrected chi connectivity index (χ1v) is 3.84. The number of aromatic nitrogens is 1. The second-order valence-corrected chi connectivity index (χ2v) is 2.34. The molecule has 1 heterocycles. The van der Waals surface area contributed by atoms with Crippen LogP contribution in [-0.4, -0.2) is 17.9 Å². The first-order chi connectivity index (χ1) is 6.36. The Balaban J connectivity index is 2.50. The lowest BCUT2D eigenvalue weighted by atomic mass is 10.3. The van der Waals surface area contributed by atoms with Crippen LogP contribution < -0.4 is 4.74 Å². The van der Waals surface area contributed by atoms with Crippen LogP contribution in [-0.2, 0) is 0 Å². The van der Waals surface area contributed by atoms with Crippen LogP contribution in [0.15, 0.2) is 18.3 Å². The van der Waals surface area contributed by atoms with E-state index in [1.807, 2.05) is 0 Å². The summed E-state index contributed by atoms with van der Waals surface area (Å²) in [5, 5.41) is 0. The van der Waals surface area contributed by atoms with Crippen LogP contribution in [0.1, 0.15) is 16.9 Å². The zero-order valence-electron chi connectivity index (χ0n) is 7.06. The molecule has 0 aromatic carbocycles. The van der Waals surface area contributed by atoms with Crippen molar-refractivity contribution < 1.29 is 9.53 Å². The third-order valence-corrected chi connectivity index (χ3v) is 1.40. The summed E-state index contributed by atoms with van der Waals surface area (Å²) in [6, 6.07) is 3.28. The van der Waals surface area contributed by atoms with Crippen LogP contribution in [0.4, 0.5) is 0 Å². The lowest BCUT2D eigenvalue weighted by molar-refractivity contribution is 0.111. The van der Waals surface area contributed by atoms with Crippen molar-refractivity contribution in [3.05, 3.63) is 24.0 Å². The molecule has 13 heavy (non-hydrogen) atoms. The number of terminal acetylenes is 1. The minimum absolute atomic E-state index is 0.393. The Hall–Kier alpha value is -1.82. The Kier molecular flexibility index (Phi) is 3.52. The quantitative estimate of drug-likeness (QED) is 0.393. The summed E-state index contributed by atoms with van der Waals surface area (Å²) in [6.07, 6.45) is 7.80. The van der Waals surface area contributed by atoms with Crippen molar-refractivity contribution in [1.82, 2.24) is 4.98 Å². The number of hydrogen-bond acceptors (Lipinski definition) is 3. The Labute approximate surface area is 76.8 Å². The Bertz CT molecular complexity index is 311. The maximum Gasteiger partial charge on any atom is 0.168 e. The molecule has 0 spiro atoms. The van der Waals surface area contributed by atoms with E-state index in [0.717, 1.165) is 0 Å².